The van der Waals surface area contributed by atoms with Crippen molar-refractivity contribution in [2.24, 2.45) is 0 Å². The molecule has 2 aromatic heterocycles. The molecule has 0 bridgehead atoms. The van der Waals surface area contributed by atoms with Gasteiger partial charge in [-0.3, -0.25) is 9.48 Å². The zero-order chi connectivity index (χ0) is 24.2. The molecule has 0 saturated carbocycles. The Morgan fingerprint density at radius 2 is 1.80 bits per heavy atom. The van der Waals surface area contributed by atoms with Gasteiger partial charge in [0, 0.05) is 22.5 Å². The lowest BCUT2D eigenvalue weighted by atomic mass is 10.1. The van der Waals surface area contributed by atoms with Crippen molar-refractivity contribution in [3.05, 3.63) is 107 Å². The van der Waals surface area contributed by atoms with E-state index < -0.39 is 0 Å². The number of nitrogens with zero attached hydrogens (tertiary/aromatic N) is 3. The molecule has 174 valence electrons. The monoisotopic (exact) mass is 479 g/mol. The third-order valence-corrected chi connectivity index (χ3v) is 6.88. The van der Waals surface area contributed by atoms with Gasteiger partial charge >= 0.3 is 0 Å². The second kappa shape index (κ2) is 9.95. The number of thiophene rings is 1. The number of carbonyl (C=O) groups excluding carboxylic acids is 1. The van der Waals surface area contributed by atoms with Gasteiger partial charge in [-0.05, 0) is 65.7 Å². The number of carbonyl (C=O) groups is 1. The molecule has 0 radical (unpaired) electrons. The maximum Gasteiger partial charge on any atom is 0.255 e. The first-order valence-electron chi connectivity index (χ1n) is 11.4. The molecular weight excluding hydrogens is 454 g/mol. The molecule has 5 rings (SSSR count). The molecule has 3 N–H and O–H groups in total. The van der Waals surface area contributed by atoms with Gasteiger partial charge in [0.25, 0.3) is 5.91 Å². The Bertz CT molecular complexity index is 1460. The fourth-order valence-electron chi connectivity index (χ4n) is 3.91. The SMILES string of the molecule is Cc1ccccc1CCn1cc(-c2ccc(C(=O)Nc3cc(-c4cccs4)ccc3N)cc2)nn1. The van der Waals surface area contributed by atoms with E-state index in [9.17, 15) is 4.79 Å². The van der Waals surface area contributed by atoms with Crippen LogP contribution in [0.5, 0.6) is 0 Å². The van der Waals surface area contributed by atoms with Gasteiger partial charge in [-0.2, -0.15) is 0 Å². The van der Waals surface area contributed by atoms with Gasteiger partial charge in [-0.1, -0.05) is 53.7 Å². The number of anilines is 2. The van der Waals surface area contributed by atoms with Crippen molar-refractivity contribution in [1.29, 1.82) is 0 Å². The molecule has 0 unspecified atom stereocenters. The van der Waals surface area contributed by atoms with Gasteiger partial charge in [0.05, 0.1) is 17.6 Å². The third kappa shape index (κ3) is 5.15. The molecule has 0 aliphatic heterocycles. The molecule has 35 heavy (non-hydrogen) atoms. The standard InChI is InChI=1S/C28H25N5OS/c1-19-5-2-3-6-20(19)14-15-33-18-26(31-32-33)21-8-10-22(11-9-21)28(34)30-25-17-23(12-13-24(25)29)27-7-4-16-35-27/h2-13,16-18H,14-15,29H2,1H3,(H,30,34). The van der Waals surface area contributed by atoms with Crippen LogP contribution in [0.15, 0.2) is 90.4 Å². The first-order valence-corrected chi connectivity index (χ1v) is 12.2. The lowest BCUT2D eigenvalue weighted by molar-refractivity contribution is 0.102. The quantitative estimate of drug-likeness (QED) is 0.278. The number of nitrogens with one attached hydrogen (secondary N) is 1. The number of rotatable bonds is 7. The number of amides is 1. The van der Waals surface area contributed by atoms with E-state index in [0.717, 1.165) is 34.7 Å². The van der Waals surface area contributed by atoms with Crippen LogP contribution in [0.3, 0.4) is 0 Å². The largest absolute Gasteiger partial charge is 0.397 e. The van der Waals surface area contributed by atoms with Crippen LogP contribution >= 0.6 is 11.3 Å². The molecule has 3 aromatic carbocycles. The van der Waals surface area contributed by atoms with Crippen LogP contribution in [0.4, 0.5) is 11.4 Å². The van der Waals surface area contributed by atoms with Gasteiger partial charge in [0.1, 0.15) is 5.69 Å². The molecule has 7 heteroatoms. The highest BCUT2D eigenvalue weighted by molar-refractivity contribution is 7.13. The van der Waals surface area contributed by atoms with Crippen LogP contribution in [0, 0.1) is 6.92 Å². The average Bonchev–Trinajstić information content (AvgIpc) is 3.58. The Hall–Kier alpha value is -4.23. The highest BCUT2D eigenvalue weighted by atomic mass is 32.1. The van der Waals surface area contributed by atoms with Crippen LogP contribution in [0.25, 0.3) is 21.7 Å². The number of aromatic nitrogens is 3. The first kappa shape index (κ1) is 22.6. The predicted octanol–water partition coefficient (Wildman–Crippen LogP) is 6.06. The molecule has 2 heterocycles. The summed E-state index contributed by atoms with van der Waals surface area (Å²) >= 11 is 1.64. The summed E-state index contributed by atoms with van der Waals surface area (Å²) in [6.07, 6.45) is 2.83. The fraction of sp³-hybridized carbons (Fsp3) is 0.107. The molecular formula is C28H25N5OS. The van der Waals surface area contributed by atoms with Crippen molar-refractivity contribution in [2.75, 3.05) is 11.1 Å². The minimum Gasteiger partial charge on any atom is -0.397 e. The van der Waals surface area contributed by atoms with Crippen molar-refractivity contribution >= 4 is 28.6 Å². The number of nitrogen functional groups attached to an aromatic ring is 1. The van der Waals surface area contributed by atoms with E-state index in [0.29, 0.717) is 16.9 Å². The summed E-state index contributed by atoms with van der Waals surface area (Å²) in [4.78, 5) is 14.0. The maximum absolute atomic E-state index is 12.9. The van der Waals surface area contributed by atoms with E-state index in [-0.39, 0.29) is 5.91 Å². The molecule has 0 aliphatic rings. The summed E-state index contributed by atoms with van der Waals surface area (Å²) < 4.78 is 1.85. The van der Waals surface area contributed by atoms with E-state index in [1.165, 1.54) is 11.1 Å². The normalized spacial score (nSPS) is 10.9. The molecule has 0 atom stereocenters. The van der Waals surface area contributed by atoms with Crippen LogP contribution in [0.2, 0.25) is 0 Å². The molecule has 0 saturated heterocycles. The van der Waals surface area contributed by atoms with Crippen molar-refractivity contribution in [3.8, 4) is 21.7 Å². The Kier molecular flexibility index (Phi) is 6.41. The third-order valence-electron chi connectivity index (χ3n) is 5.96. The number of hydrogen-bond acceptors (Lipinski definition) is 5. The summed E-state index contributed by atoms with van der Waals surface area (Å²) in [5, 5.41) is 13.5. The highest BCUT2D eigenvalue weighted by Crippen LogP contribution is 2.30. The van der Waals surface area contributed by atoms with Crippen molar-refractivity contribution in [2.45, 2.75) is 19.9 Å². The smallest absolute Gasteiger partial charge is 0.255 e. The van der Waals surface area contributed by atoms with Crippen LogP contribution in [-0.4, -0.2) is 20.9 Å². The van der Waals surface area contributed by atoms with Crippen LogP contribution in [-0.2, 0) is 13.0 Å². The van der Waals surface area contributed by atoms with Gasteiger partial charge in [-0.15, -0.1) is 16.4 Å². The summed E-state index contributed by atoms with van der Waals surface area (Å²) in [7, 11) is 0. The van der Waals surface area contributed by atoms with E-state index in [1.54, 1.807) is 23.5 Å². The van der Waals surface area contributed by atoms with Crippen molar-refractivity contribution in [3.63, 3.8) is 0 Å². The fourth-order valence-corrected chi connectivity index (χ4v) is 4.64. The summed E-state index contributed by atoms with van der Waals surface area (Å²) in [6, 6.07) is 25.4. The van der Waals surface area contributed by atoms with E-state index >= 15 is 0 Å². The Balaban J connectivity index is 1.25. The Labute approximate surface area is 208 Å². The number of nitrogens with two attached hydrogens (primary N) is 1. The maximum atomic E-state index is 12.9. The average molecular weight is 480 g/mol. The van der Waals surface area contributed by atoms with Crippen molar-refractivity contribution in [1.82, 2.24) is 15.0 Å². The molecule has 0 aliphatic carbocycles. The number of benzene rings is 3. The second-order valence-electron chi connectivity index (χ2n) is 8.35. The number of hydrogen-bond donors (Lipinski definition) is 2. The molecule has 0 spiro atoms. The second-order valence-corrected chi connectivity index (χ2v) is 9.30. The van der Waals surface area contributed by atoms with Gasteiger partial charge in [-0.25, -0.2) is 0 Å². The molecule has 6 nitrogen and oxygen atoms in total. The lowest BCUT2D eigenvalue weighted by Gasteiger charge is -2.10. The summed E-state index contributed by atoms with van der Waals surface area (Å²) in [5.41, 5.74) is 13.1. The van der Waals surface area contributed by atoms with Crippen LogP contribution in [0.1, 0.15) is 21.5 Å². The highest BCUT2D eigenvalue weighted by Gasteiger charge is 2.11. The minimum absolute atomic E-state index is 0.214. The molecule has 0 fully saturated rings. The van der Waals surface area contributed by atoms with Gasteiger partial charge in [0.2, 0.25) is 0 Å². The summed E-state index contributed by atoms with van der Waals surface area (Å²) in [6.45, 7) is 2.87. The van der Waals surface area contributed by atoms with Crippen LogP contribution < -0.4 is 11.1 Å². The zero-order valence-corrected chi connectivity index (χ0v) is 20.1. The van der Waals surface area contributed by atoms with E-state index in [2.05, 4.69) is 40.8 Å². The first-order chi connectivity index (χ1) is 17.1. The molecule has 5 aromatic rings. The summed E-state index contributed by atoms with van der Waals surface area (Å²) in [5.74, 6) is -0.214. The number of aryl methyl sites for hydroxylation is 3. The van der Waals surface area contributed by atoms with E-state index in [4.69, 9.17) is 5.73 Å². The van der Waals surface area contributed by atoms with Gasteiger partial charge in [0.15, 0.2) is 0 Å². The lowest BCUT2D eigenvalue weighted by Crippen LogP contribution is -2.13. The Morgan fingerprint density at radius 1 is 1.00 bits per heavy atom. The van der Waals surface area contributed by atoms with E-state index in [1.807, 2.05) is 64.8 Å². The Morgan fingerprint density at radius 3 is 2.57 bits per heavy atom. The molecule has 1 amide bonds. The van der Waals surface area contributed by atoms with Gasteiger partial charge < -0.3 is 11.1 Å². The zero-order valence-electron chi connectivity index (χ0n) is 19.3. The van der Waals surface area contributed by atoms with Crippen molar-refractivity contribution < 1.29 is 4.79 Å². The predicted molar refractivity (Wildman–Crippen MR) is 142 cm³/mol. The topological polar surface area (TPSA) is 85.8 Å². The minimum atomic E-state index is -0.214.